The first kappa shape index (κ1) is 29.7. The summed E-state index contributed by atoms with van der Waals surface area (Å²) in [6, 6.07) is 23.5. The zero-order chi connectivity index (χ0) is 31.4. The second-order valence-electron chi connectivity index (χ2n) is 10.2. The first-order valence-electron chi connectivity index (χ1n) is 13.8. The maximum atomic E-state index is 15.2. The molecule has 2 N–H and O–H groups in total. The van der Waals surface area contributed by atoms with Crippen LogP contribution in [0.15, 0.2) is 109 Å². The normalized spacial score (nSPS) is 11.3. The minimum Gasteiger partial charge on any atom is -0.347 e. The van der Waals surface area contributed by atoms with Crippen molar-refractivity contribution in [3.63, 3.8) is 0 Å². The summed E-state index contributed by atoms with van der Waals surface area (Å²) in [6.45, 7) is 0.748. The number of rotatable bonds is 10. The highest BCUT2D eigenvalue weighted by Crippen LogP contribution is 2.30. The van der Waals surface area contributed by atoms with E-state index in [1.54, 1.807) is 67.4 Å². The van der Waals surface area contributed by atoms with Gasteiger partial charge < -0.3 is 9.88 Å². The molecule has 12 heteroatoms. The molecule has 0 saturated carbocycles. The van der Waals surface area contributed by atoms with Gasteiger partial charge in [0.15, 0.2) is 0 Å². The number of halogens is 1. The Labute approximate surface area is 262 Å². The molecule has 0 aliphatic rings. The third-order valence-electron chi connectivity index (χ3n) is 7.13. The number of nitriles is 1. The van der Waals surface area contributed by atoms with Crippen molar-refractivity contribution in [2.75, 3.05) is 4.72 Å². The zero-order valence-corrected chi connectivity index (χ0v) is 25.3. The minimum atomic E-state index is -4.20. The van der Waals surface area contributed by atoms with Gasteiger partial charge in [0.25, 0.3) is 15.9 Å². The Balaban J connectivity index is 1.20. The number of amides is 1. The standard InChI is InChI=1S/C33H25FN6O3S2/c34-29-4-1-5-32(28(29)15-27-19-37-21-40(27)20-23-8-6-22(16-35)7-9-23)45(42,43)39-26-10-11-30-25(13-26)14-31(44-30)33(41)38-18-24-3-2-12-36-17-24/h1-14,17,19,21,39H,15,18,20H2,(H,38,41). The quantitative estimate of drug-likeness (QED) is 0.193. The smallest absolute Gasteiger partial charge is 0.262 e. The fraction of sp³-hybridized carbons (Fsp3) is 0.0909. The van der Waals surface area contributed by atoms with Crippen molar-refractivity contribution in [3.8, 4) is 6.07 Å². The number of carbonyl (C=O) groups is 1. The van der Waals surface area contributed by atoms with Crippen LogP contribution in [0.25, 0.3) is 10.1 Å². The molecule has 3 aromatic heterocycles. The number of sulfonamides is 1. The first-order chi connectivity index (χ1) is 21.8. The van der Waals surface area contributed by atoms with Crippen LogP contribution >= 0.6 is 11.3 Å². The molecule has 1 amide bonds. The van der Waals surface area contributed by atoms with Gasteiger partial charge in [-0.15, -0.1) is 11.3 Å². The van der Waals surface area contributed by atoms with Gasteiger partial charge in [-0.2, -0.15) is 5.26 Å². The lowest BCUT2D eigenvalue weighted by Crippen LogP contribution is -2.21. The summed E-state index contributed by atoms with van der Waals surface area (Å²) in [4.78, 5) is 21.3. The topological polar surface area (TPSA) is 130 Å². The zero-order valence-electron chi connectivity index (χ0n) is 23.6. The van der Waals surface area contributed by atoms with Crippen LogP contribution in [-0.4, -0.2) is 28.9 Å². The molecule has 0 unspecified atom stereocenters. The van der Waals surface area contributed by atoms with Crippen LogP contribution < -0.4 is 10.0 Å². The van der Waals surface area contributed by atoms with Crippen LogP contribution in [0.3, 0.4) is 0 Å². The summed E-state index contributed by atoms with van der Waals surface area (Å²) >= 11 is 1.30. The third kappa shape index (κ3) is 6.75. The average molecular weight is 637 g/mol. The molecule has 0 aliphatic heterocycles. The van der Waals surface area contributed by atoms with E-state index in [-0.39, 0.29) is 28.5 Å². The van der Waals surface area contributed by atoms with Gasteiger partial charge in [-0.1, -0.05) is 24.3 Å². The van der Waals surface area contributed by atoms with Crippen molar-refractivity contribution in [1.29, 1.82) is 5.26 Å². The van der Waals surface area contributed by atoms with E-state index < -0.39 is 15.8 Å². The monoisotopic (exact) mass is 636 g/mol. The number of aromatic nitrogens is 3. The first-order valence-corrected chi connectivity index (χ1v) is 16.1. The molecule has 6 aromatic rings. The fourth-order valence-corrected chi connectivity index (χ4v) is 7.12. The maximum absolute atomic E-state index is 15.2. The van der Waals surface area contributed by atoms with E-state index in [0.717, 1.165) is 15.8 Å². The summed E-state index contributed by atoms with van der Waals surface area (Å²) in [5, 5.41) is 12.6. The van der Waals surface area contributed by atoms with Crippen LogP contribution in [-0.2, 0) is 29.5 Å². The number of hydrogen-bond acceptors (Lipinski definition) is 7. The van der Waals surface area contributed by atoms with Gasteiger partial charge in [0, 0.05) is 59.7 Å². The molecule has 0 spiro atoms. The van der Waals surface area contributed by atoms with Crippen molar-refractivity contribution < 1.29 is 17.6 Å². The van der Waals surface area contributed by atoms with Crippen molar-refractivity contribution in [2.45, 2.75) is 24.4 Å². The van der Waals surface area contributed by atoms with E-state index in [1.807, 2.05) is 22.8 Å². The number of nitrogens with one attached hydrogen (secondary N) is 2. The van der Waals surface area contributed by atoms with Crippen molar-refractivity contribution >= 4 is 43.0 Å². The van der Waals surface area contributed by atoms with Crippen LogP contribution in [0.4, 0.5) is 10.1 Å². The largest absolute Gasteiger partial charge is 0.347 e. The number of nitrogens with zero attached hydrogens (tertiary/aromatic N) is 4. The van der Waals surface area contributed by atoms with Gasteiger partial charge in [-0.3, -0.25) is 14.5 Å². The molecular weight excluding hydrogens is 612 g/mol. The van der Waals surface area contributed by atoms with Crippen LogP contribution in [0, 0.1) is 17.1 Å². The molecule has 0 fully saturated rings. The lowest BCUT2D eigenvalue weighted by Gasteiger charge is -2.14. The number of hydrogen-bond donors (Lipinski definition) is 2. The summed E-state index contributed by atoms with van der Waals surface area (Å²) in [5.41, 5.74) is 3.24. The predicted molar refractivity (Wildman–Crippen MR) is 170 cm³/mol. The summed E-state index contributed by atoms with van der Waals surface area (Å²) in [7, 11) is -4.20. The highest BCUT2D eigenvalue weighted by atomic mass is 32.2. The third-order valence-corrected chi connectivity index (χ3v) is 9.71. The number of pyridine rings is 1. The number of fused-ring (bicyclic) bond motifs is 1. The molecule has 0 bridgehead atoms. The molecule has 6 rings (SSSR count). The number of anilines is 1. The molecule has 3 aromatic carbocycles. The Bertz CT molecular complexity index is 2150. The summed E-state index contributed by atoms with van der Waals surface area (Å²) in [5.74, 6) is -0.899. The van der Waals surface area contributed by atoms with Gasteiger partial charge in [0.2, 0.25) is 0 Å². The Morgan fingerprint density at radius 1 is 0.978 bits per heavy atom. The van der Waals surface area contributed by atoms with Crippen molar-refractivity contribution in [3.05, 3.63) is 142 Å². The Hall–Kier alpha value is -5.38. The van der Waals surface area contributed by atoms with E-state index in [0.29, 0.717) is 34.6 Å². The summed E-state index contributed by atoms with van der Waals surface area (Å²) < 4.78 is 47.7. The predicted octanol–water partition coefficient (Wildman–Crippen LogP) is 5.87. The maximum Gasteiger partial charge on any atom is 0.262 e. The van der Waals surface area contributed by atoms with Crippen LogP contribution in [0.2, 0.25) is 0 Å². The van der Waals surface area contributed by atoms with Crippen LogP contribution in [0.1, 0.15) is 37.6 Å². The SMILES string of the molecule is N#Cc1ccc(Cn2cncc2Cc2c(F)cccc2S(=O)(=O)Nc2ccc3sc(C(=O)NCc4cccnc4)cc3c2)cc1. The van der Waals surface area contributed by atoms with Gasteiger partial charge in [0.1, 0.15) is 5.82 Å². The minimum absolute atomic E-state index is 0.00997. The van der Waals surface area contributed by atoms with Gasteiger partial charge in [-0.25, -0.2) is 17.8 Å². The number of benzene rings is 3. The van der Waals surface area contributed by atoms with E-state index in [1.165, 1.54) is 29.5 Å². The highest BCUT2D eigenvalue weighted by molar-refractivity contribution is 7.92. The fourth-order valence-electron chi connectivity index (χ4n) is 4.86. The van der Waals surface area contributed by atoms with Crippen molar-refractivity contribution in [1.82, 2.24) is 19.9 Å². The molecule has 0 aliphatic carbocycles. The molecule has 0 atom stereocenters. The van der Waals surface area contributed by atoms with Crippen molar-refractivity contribution in [2.24, 2.45) is 0 Å². The molecule has 9 nitrogen and oxygen atoms in total. The molecular formula is C33H25FN6O3S2. The summed E-state index contributed by atoms with van der Waals surface area (Å²) in [6.07, 6.45) is 6.51. The second-order valence-corrected chi connectivity index (χ2v) is 13.0. The van der Waals surface area contributed by atoms with E-state index in [9.17, 15) is 13.2 Å². The van der Waals surface area contributed by atoms with Crippen LogP contribution in [0.5, 0.6) is 0 Å². The Morgan fingerprint density at radius 2 is 1.82 bits per heavy atom. The Kier molecular flexibility index (Phi) is 8.37. The second kappa shape index (κ2) is 12.7. The van der Waals surface area contributed by atoms with Gasteiger partial charge in [0.05, 0.1) is 27.7 Å². The highest BCUT2D eigenvalue weighted by Gasteiger charge is 2.23. The Morgan fingerprint density at radius 3 is 2.60 bits per heavy atom. The van der Waals surface area contributed by atoms with E-state index >= 15 is 4.39 Å². The molecule has 0 radical (unpaired) electrons. The number of carbonyl (C=O) groups excluding carboxylic acids is 1. The molecule has 45 heavy (non-hydrogen) atoms. The van der Waals surface area contributed by atoms with Gasteiger partial charge >= 0.3 is 0 Å². The average Bonchev–Trinajstić information content (AvgIpc) is 3.68. The lowest BCUT2D eigenvalue weighted by molar-refractivity contribution is 0.0955. The molecule has 3 heterocycles. The molecule has 224 valence electrons. The number of imidazole rings is 1. The lowest BCUT2D eigenvalue weighted by atomic mass is 10.1. The van der Waals surface area contributed by atoms with Gasteiger partial charge in [-0.05, 0) is 71.1 Å². The van der Waals surface area contributed by atoms with E-state index in [2.05, 4.69) is 26.1 Å². The number of thiophene rings is 1. The molecule has 0 saturated heterocycles. The van der Waals surface area contributed by atoms with E-state index in [4.69, 9.17) is 5.26 Å².